The van der Waals surface area contributed by atoms with Gasteiger partial charge in [-0.25, -0.2) is 9.37 Å². The summed E-state index contributed by atoms with van der Waals surface area (Å²) in [4.78, 5) is 39.1. The summed E-state index contributed by atoms with van der Waals surface area (Å²) in [6.07, 6.45) is 0.404. The summed E-state index contributed by atoms with van der Waals surface area (Å²) in [7, 11) is 7.77. The molecule has 1 aliphatic heterocycles. The molecular formula is C32H36N3O6+. The zero-order chi connectivity index (χ0) is 29.8. The Balaban J connectivity index is 1.77. The van der Waals surface area contributed by atoms with E-state index < -0.39 is 11.9 Å². The molecule has 0 aromatic heterocycles. The van der Waals surface area contributed by atoms with Crippen LogP contribution >= 0.6 is 0 Å². The zero-order valence-corrected chi connectivity index (χ0v) is 24.3. The Morgan fingerprint density at radius 1 is 1.00 bits per heavy atom. The van der Waals surface area contributed by atoms with Gasteiger partial charge in [0.15, 0.2) is 0 Å². The number of aromatic carboxylic acids is 1. The van der Waals surface area contributed by atoms with Gasteiger partial charge in [0.05, 0.1) is 17.7 Å². The zero-order valence-electron chi connectivity index (χ0n) is 24.3. The van der Waals surface area contributed by atoms with Crippen LogP contribution in [0.4, 0.5) is 5.69 Å². The van der Waals surface area contributed by atoms with Gasteiger partial charge in [-0.05, 0) is 56.2 Å². The Morgan fingerprint density at radius 3 is 2.39 bits per heavy atom. The highest BCUT2D eigenvalue weighted by molar-refractivity contribution is 6.09. The minimum atomic E-state index is -1.15. The first-order valence-corrected chi connectivity index (χ1v) is 13.5. The van der Waals surface area contributed by atoms with Crippen LogP contribution in [-0.2, 0) is 9.53 Å². The fourth-order valence-corrected chi connectivity index (χ4v) is 4.65. The lowest BCUT2D eigenvalue weighted by Crippen LogP contribution is -2.25. The molecule has 214 valence electrons. The van der Waals surface area contributed by atoms with Crippen molar-refractivity contribution in [2.24, 2.45) is 0 Å². The highest BCUT2D eigenvalue weighted by Crippen LogP contribution is 2.42. The van der Waals surface area contributed by atoms with E-state index >= 15 is 0 Å². The number of anilines is 1. The number of hydrogen-bond donors (Lipinski definition) is 2. The van der Waals surface area contributed by atoms with Gasteiger partial charge >= 0.3 is 11.9 Å². The Morgan fingerprint density at radius 2 is 1.73 bits per heavy atom. The fourth-order valence-electron chi connectivity index (χ4n) is 4.65. The third kappa shape index (κ3) is 6.57. The molecule has 0 bridgehead atoms. The van der Waals surface area contributed by atoms with Crippen LogP contribution in [0.1, 0.15) is 47.4 Å². The number of carbonyl (C=O) groups is 3. The lowest BCUT2D eigenvalue weighted by molar-refractivity contribution is -0.147. The summed E-state index contributed by atoms with van der Waals surface area (Å²) in [5.41, 5.74) is 3.72. The molecule has 0 saturated heterocycles. The molecule has 0 saturated carbocycles. The van der Waals surface area contributed by atoms with E-state index in [1.807, 2.05) is 74.1 Å². The van der Waals surface area contributed by atoms with E-state index in [2.05, 4.69) is 5.32 Å². The van der Waals surface area contributed by atoms with Crippen LogP contribution in [0.5, 0.6) is 0 Å². The minimum Gasteiger partial charge on any atom is -0.478 e. The molecule has 2 N–H and O–H groups in total. The van der Waals surface area contributed by atoms with Crippen LogP contribution in [0.15, 0.2) is 59.0 Å². The molecule has 9 heteroatoms. The van der Waals surface area contributed by atoms with E-state index in [0.29, 0.717) is 28.9 Å². The third-order valence-corrected chi connectivity index (χ3v) is 6.71. The molecule has 0 atom stereocenters. The van der Waals surface area contributed by atoms with Crippen LogP contribution in [0.25, 0.3) is 33.4 Å². The smallest absolute Gasteiger partial charge is 0.336 e. The minimum absolute atomic E-state index is 0.000309. The van der Waals surface area contributed by atoms with Crippen molar-refractivity contribution in [1.29, 1.82) is 0 Å². The lowest BCUT2D eigenvalue weighted by Gasteiger charge is -2.19. The summed E-state index contributed by atoms with van der Waals surface area (Å²) in [6.45, 7) is 3.82. The summed E-state index contributed by atoms with van der Waals surface area (Å²) in [5.74, 6) is -1.27. The first-order chi connectivity index (χ1) is 19.5. The first kappa shape index (κ1) is 29.3. The molecule has 0 unspecified atom stereocenters. The number of benzene rings is 3. The molecule has 0 fully saturated rings. The molecular weight excluding hydrogens is 522 g/mol. The molecule has 1 amide bonds. The first-order valence-electron chi connectivity index (χ1n) is 13.5. The van der Waals surface area contributed by atoms with Crippen LogP contribution < -0.4 is 20.1 Å². The van der Waals surface area contributed by atoms with E-state index in [4.69, 9.17) is 9.15 Å². The van der Waals surface area contributed by atoms with Gasteiger partial charge in [-0.15, -0.1) is 0 Å². The van der Waals surface area contributed by atoms with Crippen molar-refractivity contribution in [3.05, 3.63) is 71.1 Å². The molecule has 2 aromatic rings. The van der Waals surface area contributed by atoms with Crippen LogP contribution in [0, 0.1) is 0 Å². The summed E-state index contributed by atoms with van der Waals surface area (Å²) in [6, 6.07) is 16.3. The number of carboxylic acid groups (broad SMARTS) is 1. The molecule has 2 aromatic carbocycles. The number of rotatable bonds is 9. The van der Waals surface area contributed by atoms with Crippen molar-refractivity contribution in [3.63, 3.8) is 0 Å². The number of hydrogen-bond acceptors (Lipinski definition) is 6. The summed E-state index contributed by atoms with van der Waals surface area (Å²) < 4.78 is 13.4. The van der Waals surface area contributed by atoms with Gasteiger partial charge < -0.3 is 24.5 Å². The molecule has 0 radical (unpaired) electrons. The molecule has 1 aliphatic carbocycles. The van der Waals surface area contributed by atoms with Crippen molar-refractivity contribution >= 4 is 34.5 Å². The van der Waals surface area contributed by atoms with Gasteiger partial charge in [0, 0.05) is 67.0 Å². The number of carbonyl (C=O) groups excluding carboxylic acids is 2. The summed E-state index contributed by atoms with van der Waals surface area (Å²) >= 11 is 0. The monoisotopic (exact) mass is 558 g/mol. The molecule has 41 heavy (non-hydrogen) atoms. The molecule has 4 rings (SSSR count). The molecule has 9 nitrogen and oxygen atoms in total. The van der Waals surface area contributed by atoms with Crippen molar-refractivity contribution in [3.8, 4) is 22.5 Å². The Kier molecular flexibility index (Phi) is 8.76. The van der Waals surface area contributed by atoms with E-state index in [1.165, 1.54) is 6.07 Å². The van der Waals surface area contributed by atoms with E-state index in [1.54, 1.807) is 26.0 Å². The number of carboxylic acids is 1. The standard InChI is InChI=1S/C32H35N3O6/c1-19(2)40-29(36)8-7-15-33-31(37)20-9-12-23(26(16-20)32(38)39)30-24-13-10-21(34(3)4)17-27(24)41-28-18-22(35(5)6)11-14-25(28)30/h9-14,16-19H,7-8,15H2,1-6H3,(H-,33,37,38,39)/p+1. The summed E-state index contributed by atoms with van der Waals surface area (Å²) in [5, 5.41) is 14.7. The van der Waals surface area contributed by atoms with Crippen LogP contribution in [0.2, 0.25) is 0 Å². The van der Waals surface area contributed by atoms with E-state index in [-0.39, 0.29) is 36.2 Å². The number of esters is 1. The Hall–Kier alpha value is -4.66. The number of nitrogens with one attached hydrogen (secondary N) is 1. The molecule has 0 spiro atoms. The maximum Gasteiger partial charge on any atom is 0.336 e. The van der Waals surface area contributed by atoms with Crippen molar-refractivity contribution < 1.29 is 28.6 Å². The van der Waals surface area contributed by atoms with Gasteiger partial charge in [-0.2, -0.15) is 0 Å². The number of amides is 1. The van der Waals surface area contributed by atoms with Gasteiger partial charge in [-0.1, -0.05) is 6.07 Å². The van der Waals surface area contributed by atoms with Gasteiger partial charge in [0.2, 0.25) is 5.36 Å². The number of nitrogens with zero attached hydrogens (tertiary/aromatic N) is 2. The Bertz CT molecular complexity index is 1660. The Labute approximate surface area is 239 Å². The lowest BCUT2D eigenvalue weighted by atomic mass is 9.89. The molecule has 2 aliphatic rings. The van der Waals surface area contributed by atoms with Gasteiger partial charge in [0.1, 0.15) is 25.4 Å². The third-order valence-electron chi connectivity index (χ3n) is 6.71. The largest absolute Gasteiger partial charge is 0.478 e. The maximum absolute atomic E-state index is 12.9. The van der Waals surface area contributed by atoms with Crippen molar-refractivity contribution in [2.45, 2.75) is 32.8 Å². The predicted octanol–water partition coefficient (Wildman–Crippen LogP) is 4.46. The normalized spacial score (nSPS) is 11.1. The molecule has 1 heterocycles. The predicted molar refractivity (Wildman–Crippen MR) is 159 cm³/mol. The number of ether oxygens (including phenoxy) is 1. The fraction of sp³-hybridized carbons (Fsp3) is 0.312. The van der Waals surface area contributed by atoms with Crippen molar-refractivity contribution in [1.82, 2.24) is 9.89 Å². The number of fused-ring (bicyclic) bond motifs is 2. The average Bonchev–Trinajstić information content (AvgIpc) is 2.92. The van der Waals surface area contributed by atoms with Gasteiger partial charge in [-0.3, -0.25) is 9.59 Å². The van der Waals surface area contributed by atoms with E-state index in [0.717, 1.165) is 22.0 Å². The van der Waals surface area contributed by atoms with Crippen LogP contribution in [-0.4, -0.2) is 63.8 Å². The van der Waals surface area contributed by atoms with Crippen molar-refractivity contribution in [2.75, 3.05) is 39.6 Å². The maximum atomic E-state index is 12.9. The quantitative estimate of drug-likeness (QED) is 0.135. The second kappa shape index (κ2) is 12.2. The highest BCUT2D eigenvalue weighted by atomic mass is 16.5. The van der Waals surface area contributed by atoms with Gasteiger partial charge in [0.25, 0.3) is 5.91 Å². The highest BCUT2D eigenvalue weighted by Gasteiger charge is 2.23. The second-order valence-corrected chi connectivity index (χ2v) is 10.6. The SMILES string of the molecule is CC(C)OC(=O)CCCNC(=O)c1ccc(-c2c3ccc(=[N+](C)C)cc-3oc3cc(N(C)C)ccc23)c(C(=O)O)c1. The van der Waals surface area contributed by atoms with Crippen LogP contribution in [0.3, 0.4) is 0 Å². The van der Waals surface area contributed by atoms with E-state index in [9.17, 15) is 19.5 Å². The second-order valence-electron chi connectivity index (χ2n) is 10.6. The average molecular weight is 559 g/mol. The topological polar surface area (TPSA) is 112 Å².